The molecule has 1 aromatic rings. The van der Waals surface area contributed by atoms with Crippen molar-refractivity contribution in [1.29, 1.82) is 0 Å². The summed E-state index contributed by atoms with van der Waals surface area (Å²) < 4.78 is 5.67. The molecule has 1 aliphatic heterocycles. The standard InChI is InChI=1S/C17H28N2O2/c1-2-19(12-15-9-6-10-21-15)13-17(20)16(18)11-14-7-4-3-5-8-14/h3-5,7-8,15-17,20H,2,6,9-13,18H2,1H3. The van der Waals surface area contributed by atoms with Gasteiger partial charge in [0.15, 0.2) is 0 Å². The predicted molar refractivity (Wildman–Crippen MR) is 85.2 cm³/mol. The second-order valence-electron chi connectivity index (χ2n) is 5.91. The van der Waals surface area contributed by atoms with Crippen LogP contribution in [-0.2, 0) is 11.2 Å². The molecule has 0 amide bonds. The lowest BCUT2D eigenvalue weighted by atomic mass is 10.0. The summed E-state index contributed by atoms with van der Waals surface area (Å²) in [7, 11) is 0. The van der Waals surface area contributed by atoms with Crippen LogP contribution in [0.15, 0.2) is 30.3 Å². The number of aliphatic hydroxyl groups is 1. The van der Waals surface area contributed by atoms with Crippen LogP contribution < -0.4 is 5.73 Å². The molecule has 1 fully saturated rings. The van der Waals surface area contributed by atoms with Crippen LogP contribution in [0.4, 0.5) is 0 Å². The van der Waals surface area contributed by atoms with Crippen molar-refractivity contribution < 1.29 is 9.84 Å². The van der Waals surface area contributed by atoms with Crippen LogP contribution in [0.2, 0.25) is 0 Å². The fourth-order valence-corrected chi connectivity index (χ4v) is 2.83. The fraction of sp³-hybridized carbons (Fsp3) is 0.647. The first kappa shape index (κ1) is 16.4. The van der Waals surface area contributed by atoms with Gasteiger partial charge in [-0.2, -0.15) is 0 Å². The van der Waals surface area contributed by atoms with Crippen molar-refractivity contribution >= 4 is 0 Å². The number of hydrogen-bond acceptors (Lipinski definition) is 4. The highest BCUT2D eigenvalue weighted by Gasteiger charge is 2.22. The molecule has 118 valence electrons. The monoisotopic (exact) mass is 292 g/mol. The van der Waals surface area contributed by atoms with Crippen molar-refractivity contribution in [3.05, 3.63) is 35.9 Å². The van der Waals surface area contributed by atoms with E-state index in [-0.39, 0.29) is 6.04 Å². The van der Waals surface area contributed by atoms with Gasteiger partial charge in [0.2, 0.25) is 0 Å². The Balaban J connectivity index is 1.79. The smallest absolute Gasteiger partial charge is 0.0820 e. The summed E-state index contributed by atoms with van der Waals surface area (Å²) in [6.07, 6.45) is 2.80. The van der Waals surface area contributed by atoms with E-state index in [1.54, 1.807) is 0 Å². The lowest BCUT2D eigenvalue weighted by Gasteiger charge is -2.28. The molecule has 0 aromatic heterocycles. The number of nitrogens with two attached hydrogens (primary N) is 1. The van der Waals surface area contributed by atoms with E-state index in [0.29, 0.717) is 19.1 Å². The molecule has 3 unspecified atom stereocenters. The third-order valence-corrected chi connectivity index (χ3v) is 4.19. The molecule has 3 N–H and O–H groups in total. The second-order valence-corrected chi connectivity index (χ2v) is 5.91. The van der Waals surface area contributed by atoms with Crippen molar-refractivity contribution in [3.8, 4) is 0 Å². The highest BCUT2D eigenvalue weighted by molar-refractivity contribution is 5.16. The minimum absolute atomic E-state index is 0.231. The average Bonchev–Trinajstić information content (AvgIpc) is 3.00. The van der Waals surface area contributed by atoms with Crippen LogP contribution in [-0.4, -0.2) is 54.5 Å². The molecule has 0 aliphatic carbocycles. The van der Waals surface area contributed by atoms with Crippen LogP contribution in [0.1, 0.15) is 25.3 Å². The summed E-state index contributed by atoms with van der Waals surface area (Å²) in [5.74, 6) is 0. The molecule has 0 spiro atoms. The number of likely N-dealkylation sites (N-methyl/N-ethyl adjacent to an activating group) is 1. The van der Waals surface area contributed by atoms with E-state index in [4.69, 9.17) is 10.5 Å². The number of benzene rings is 1. The molecule has 0 bridgehead atoms. The van der Waals surface area contributed by atoms with E-state index in [9.17, 15) is 5.11 Å². The zero-order chi connectivity index (χ0) is 15.1. The van der Waals surface area contributed by atoms with E-state index >= 15 is 0 Å². The Hall–Kier alpha value is -0.940. The topological polar surface area (TPSA) is 58.7 Å². The minimum Gasteiger partial charge on any atom is -0.390 e. The third kappa shape index (κ3) is 5.40. The maximum atomic E-state index is 10.3. The van der Waals surface area contributed by atoms with E-state index < -0.39 is 6.10 Å². The molecule has 3 atom stereocenters. The Morgan fingerprint density at radius 2 is 2.14 bits per heavy atom. The molecular formula is C17H28N2O2. The Kier molecular flexibility index (Phi) is 6.64. The molecule has 1 saturated heterocycles. The first-order valence-electron chi connectivity index (χ1n) is 8.00. The molecule has 4 heteroatoms. The molecule has 0 saturated carbocycles. The van der Waals surface area contributed by atoms with Gasteiger partial charge in [0.25, 0.3) is 0 Å². The van der Waals surface area contributed by atoms with Crippen molar-refractivity contribution in [2.75, 3.05) is 26.2 Å². The zero-order valence-corrected chi connectivity index (χ0v) is 12.9. The Labute approximate surface area is 127 Å². The first-order chi connectivity index (χ1) is 10.2. The molecule has 1 heterocycles. The maximum absolute atomic E-state index is 10.3. The molecule has 1 aromatic carbocycles. The van der Waals surface area contributed by atoms with Gasteiger partial charge >= 0.3 is 0 Å². The summed E-state index contributed by atoms with van der Waals surface area (Å²) in [4.78, 5) is 2.24. The van der Waals surface area contributed by atoms with Gasteiger partial charge in [-0.05, 0) is 31.4 Å². The SMILES string of the molecule is CCN(CC1CCCO1)CC(O)C(N)Cc1ccccc1. The largest absolute Gasteiger partial charge is 0.390 e. The summed E-state index contributed by atoms with van der Waals surface area (Å²) in [5.41, 5.74) is 7.32. The van der Waals surface area contributed by atoms with Crippen LogP contribution in [0.3, 0.4) is 0 Å². The van der Waals surface area contributed by atoms with Gasteiger partial charge in [0.1, 0.15) is 0 Å². The molecule has 2 rings (SSSR count). The third-order valence-electron chi connectivity index (χ3n) is 4.19. The van der Waals surface area contributed by atoms with E-state index in [1.165, 1.54) is 5.56 Å². The number of hydrogen-bond donors (Lipinski definition) is 2. The number of nitrogens with zero attached hydrogens (tertiary/aromatic N) is 1. The summed E-state index contributed by atoms with van der Waals surface area (Å²) in [5, 5.41) is 10.3. The van der Waals surface area contributed by atoms with Crippen LogP contribution >= 0.6 is 0 Å². The van der Waals surface area contributed by atoms with Crippen molar-refractivity contribution in [2.45, 2.75) is 44.4 Å². The fourth-order valence-electron chi connectivity index (χ4n) is 2.83. The predicted octanol–water partition coefficient (Wildman–Crippen LogP) is 1.42. The summed E-state index contributed by atoms with van der Waals surface area (Å²) in [6, 6.07) is 9.87. The van der Waals surface area contributed by atoms with Crippen LogP contribution in [0.25, 0.3) is 0 Å². The highest BCUT2D eigenvalue weighted by atomic mass is 16.5. The Bertz CT molecular complexity index is 393. The molecule has 4 nitrogen and oxygen atoms in total. The van der Waals surface area contributed by atoms with Crippen molar-refractivity contribution in [2.24, 2.45) is 5.73 Å². The normalized spacial score (nSPS) is 21.6. The van der Waals surface area contributed by atoms with E-state index in [0.717, 1.165) is 32.5 Å². The molecular weight excluding hydrogens is 264 g/mol. The number of aliphatic hydroxyl groups excluding tert-OH is 1. The molecule has 21 heavy (non-hydrogen) atoms. The first-order valence-corrected chi connectivity index (χ1v) is 8.00. The lowest BCUT2D eigenvalue weighted by Crippen LogP contribution is -2.46. The van der Waals surface area contributed by atoms with Crippen LogP contribution in [0.5, 0.6) is 0 Å². The van der Waals surface area contributed by atoms with E-state index in [1.807, 2.05) is 18.2 Å². The molecule has 1 aliphatic rings. The van der Waals surface area contributed by atoms with Gasteiger partial charge in [-0.1, -0.05) is 37.3 Å². The second kappa shape index (κ2) is 8.49. The lowest BCUT2D eigenvalue weighted by molar-refractivity contribution is 0.0448. The van der Waals surface area contributed by atoms with Gasteiger partial charge in [-0.15, -0.1) is 0 Å². The Morgan fingerprint density at radius 1 is 1.38 bits per heavy atom. The van der Waals surface area contributed by atoms with Gasteiger partial charge in [-0.25, -0.2) is 0 Å². The number of ether oxygens (including phenoxy) is 1. The zero-order valence-electron chi connectivity index (χ0n) is 12.9. The average molecular weight is 292 g/mol. The van der Waals surface area contributed by atoms with Gasteiger partial charge in [-0.3, -0.25) is 4.90 Å². The Morgan fingerprint density at radius 3 is 2.76 bits per heavy atom. The van der Waals surface area contributed by atoms with Gasteiger partial charge < -0.3 is 15.6 Å². The van der Waals surface area contributed by atoms with Crippen molar-refractivity contribution in [1.82, 2.24) is 4.90 Å². The number of rotatable bonds is 8. The minimum atomic E-state index is -0.508. The van der Waals surface area contributed by atoms with Gasteiger partial charge in [0, 0.05) is 25.7 Å². The summed E-state index contributed by atoms with van der Waals surface area (Å²) in [6.45, 7) is 5.41. The van der Waals surface area contributed by atoms with E-state index in [2.05, 4.69) is 24.0 Å². The summed E-state index contributed by atoms with van der Waals surface area (Å²) >= 11 is 0. The maximum Gasteiger partial charge on any atom is 0.0820 e. The van der Waals surface area contributed by atoms with Crippen molar-refractivity contribution in [3.63, 3.8) is 0 Å². The molecule has 0 radical (unpaired) electrons. The van der Waals surface area contributed by atoms with Crippen LogP contribution in [0, 0.1) is 0 Å². The highest BCUT2D eigenvalue weighted by Crippen LogP contribution is 2.14. The quantitative estimate of drug-likeness (QED) is 0.761. The van der Waals surface area contributed by atoms with Gasteiger partial charge in [0.05, 0.1) is 12.2 Å².